The van der Waals surface area contributed by atoms with E-state index in [1.807, 2.05) is 12.3 Å². The summed E-state index contributed by atoms with van der Waals surface area (Å²) in [5.74, 6) is 0. The first-order chi connectivity index (χ1) is 9.83. The Morgan fingerprint density at radius 2 is 2.25 bits per heavy atom. The van der Waals surface area contributed by atoms with Gasteiger partial charge in [-0.3, -0.25) is 5.10 Å². The van der Waals surface area contributed by atoms with Crippen LogP contribution in [0.3, 0.4) is 0 Å². The maximum Gasteiger partial charge on any atom is 0.159 e. The zero-order chi connectivity index (χ0) is 13.5. The fourth-order valence-electron chi connectivity index (χ4n) is 3.02. The Labute approximate surface area is 116 Å². The maximum absolute atomic E-state index is 6.10. The molecule has 20 heavy (non-hydrogen) atoms. The summed E-state index contributed by atoms with van der Waals surface area (Å²) in [7, 11) is 0. The summed E-state index contributed by atoms with van der Waals surface area (Å²) in [5, 5.41) is 9.46. The monoisotopic (exact) mass is 268 g/mol. The van der Waals surface area contributed by atoms with Crippen molar-refractivity contribution in [2.45, 2.75) is 18.9 Å². The van der Waals surface area contributed by atoms with Gasteiger partial charge in [0, 0.05) is 36.1 Å². The lowest BCUT2D eigenvalue weighted by atomic mass is 10.0. The van der Waals surface area contributed by atoms with Crippen molar-refractivity contribution in [2.24, 2.45) is 5.73 Å². The number of anilines is 1. The average Bonchev–Trinajstić information content (AvgIpc) is 2.95. The molecule has 0 saturated carbocycles. The van der Waals surface area contributed by atoms with Gasteiger partial charge in [0.1, 0.15) is 0 Å². The third-order valence-corrected chi connectivity index (χ3v) is 3.96. The molecule has 0 radical (unpaired) electrons. The number of aromatic nitrogens is 4. The summed E-state index contributed by atoms with van der Waals surface area (Å²) in [5.41, 5.74) is 8.93. The van der Waals surface area contributed by atoms with Crippen molar-refractivity contribution >= 4 is 27.6 Å². The number of hydrogen-bond donors (Lipinski definition) is 2. The van der Waals surface area contributed by atoms with Gasteiger partial charge in [0.05, 0.1) is 23.6 Å². The molecule has 3 aromatic rings. The Morgan fingerprint density at radius 3 is 3.15 bits per heavy atom. The molecule has 0 bridgehead atoms. The maximum atomic E-state index is 6.10. The van der Waals surface area contributed by atoms with Crippen molar-refractivity contribution in [3.8, 4) is 0 Å². The van der Waals surface area contributed by atoms with Crippen molar-refractivity contribution in [1.82, 2.24) is 20.2 Å². The lowest BCUT2D eigenvalue weighted by Gasteiger charge is -2.33. The van der Waals surface area contributed by atoms with Gasteiger partial charge in [-0.1, -0.05) is 0 Å². The number of nitrogens with one attached hydrogen (secondary N) is 1. The van der Waals surface area contributed by atoms with Gasteiger partial charge < -0.3 is 10.6 Å². The number of piperidine rings is 1. The Bertz CT molecular complexity index is 765. The summed E-state index contributed by atoms with van der Waals surface area (Å²) < 4.78 is 0. The number of nitrogens with two attached hydrogens (primary N) is 1. The molecule has 4 rings (SSSR count). The number of nitrogens with zero attached hydrogens (tertiary/aromatic N) is 4. The van der Waals surface area contributed by atoms with E-state index in [1.165, 1.54) is 0 Å². The predicted octanol–water partition coefficient (Wildman–Crippen LogP) is 1.43. The molecule has 0 aliphatic carbocycles. The van der Waals surface area contributed by atoms with Gasteiger partial charge in [0.2, 0.25) is 0 Å². The third kappa shape index (κ3) is 1.72. The predicted molar refractivity (Wildman–Crippen MR) is 78.6 cm³/mol. The standard InChI is InChI=1S/C14H16N6/c15-9-2-1-5-20(8-9)12-7-18-19-11-6-17-14-10(13(11)12)3-4-16-14/h3-4,6-7,9,19H,1-2,5,8,15H2. The minimum atomic E-state index is 0.234. The highest BCUT2D eigenvalue weighted by atomic mass is 15.2. The second-order valence-corrected chi connectivity index (χ2v) is 5.33. The van der Waals surface area contributed by atoms with Crippen LogP contribution < -0.4 is 10.6 Å². The highest BCUT2D eigenvalue weighted by Gasteiger charge is 2.20. The van der Waals surface area contributed by atoms with E-state index in [1.54, 1.807) is 12.4 Å². The number of rotatable bonds is 1. The molecule has 3 aromatic heterocycles. The Hall–Kier alpha value is -2.21. The van der Waals surface area contributed by atoms with Crippen LogP contribution in [0.1, 0.15) is 12.8 Å². The molecule has 1 aliphatic rings. The molecule has 1 unspecified atom stereocenters. The highest BCUT2D eigenvalue weighted by Crippen LogP contribution is 2.31. The van der Waals surface area contributed by atoms with Crippen LogP contribution in [0.5, 0.6) is 0 Å². The normalized spacial score (nSPS) is 19.9. The summed E-state index contributed by atoms with van der Waals surface area (Å²) in [4.78, 5) is 10.9. The number of fused-ring (bicyclic) bond motifs is 3. The molecule has 1 aliphatic heterocycles. The number of aromatic amines is 1. The van der Waals surface area contributed by atoms with Crippen LogP contribution in [0, 0.1) is 0 Å². The van der Waals surface area contributed by atoms with Crippen LogP contribution in [0.4, 0.5) is 5.69 Å². The Kier molecular flexibility index (Phi) is 2.56. The zero-order valence-electron chi connectivity index (χ0n) is 11.1. The van der Waals surface area contributed by atoms with Crippen molar-refractivity contribution in [3.63, 3.8) is 0 Å². The Morgan fingerprint density at radius 1 is 1.30 bits per heavy atom. The average molecular weight is 268 g/mol. The molecule has 6 nitrogen and oxygen atoms in total. The SMILES string of the molecule is NC1CCCN(c2cn[nH]c3cnc4nccc4c23)C1. The van der Waals surface area contributed by atoms with E-state index in [9.17, 15) is 0 Å². The molecular weight excluding hydrogens is 252 g/mol. The van der Waals surface area contributed by atoms with E-state index < -0.39 is 0 Å². The molecule has 0 amide bonds. The molecular formula is C14H16N6. The first kappa shape index (κ1) is 11.6. The largest absolute Gasteiger partial charge is 0.368 e. The Balaban J connectivity index is 1.96. The van der Waals surface area contributed by atoms with Gasteiger partial charge in [-0.15, -0.1) is 0 Å². The molecule has 0 aromatic carbocycles. The van der Waals surface area contributed by atoms with Crippen molar-refractivity contribution in [3.05, 3.63) is 24.7 Å². The molecule has 1 saturated heterocycles. The van der Waals surface area contributed by atoms with Crippen LogP contribution in [0.2, 0.25) is 0 Å². The van der Waals surface area contributed by atoms with E-state index in [4.69, 9.17) is 5.73 Å². The molecule has 1 atom stereocenters. The van der Waals surface area contributed by atoms with Crippen molar-refractivity contribution in [2.75, 3.05) is 18.0 Å². The van der Waals surface area contributed by atoms with Crippen molar-refractivity contribution in [1.29, 1.82) is 0 Å². The lowest BCUT2D eigenvalue weighted by Crippen LogP contribution is -2.43. The van der Waals surface area contributed by atoms with E-state index in [2.05, 4.69) is 25.1 Å². The summed E-state index contributed by atoms with van der Waals surface area (Å²) in [6, 6.07) is 2.24. The summed E-state index contributed by atoms with van der Waals surface area (Å²) in [6.07, 6.45) is 7.69. The summed E-state index contributed by atoms with van der Waals surface area (Å²) >= 11 is 0. The van der Waals surface area contributed by atoms with Crippen LogP contribution >= 0.6 is 0 Å². The minimum Gasteiger partial charge on any atom is -0.368 e. The first-order valence-electron chi connectivity index (χ1n) is 6.90. The zero-order valence-corrected chi connectivity index (χ0v) is 11.1. The molecule has 6 heteroatoms. The minimum absolute atomic E-state index is 0.234. The van der Waals surface area contributed by atoms with E-state index in [-0.39, 0.29) is 6.04 Å². The second kappa shape index (κ2) is 4.42. The van der Waals surface area contributed by atoms with E-state index >= 15 is 0 Å². The van der Waals surface area contributed by atoms with Crippen LogP contribution in [0.15, 0.2) is 24.7 Å². The summed E-state index contributed by atoms with van der Waals surface area (Å²) in [6.45, 7) is 1.89. The van der Waals surface area contributed by atoms with Gasteiger partial charge in [0.25, 0.3) is 0 Å². The number of H-pyrrole nitrogens is 1. The molecule has 0 spiro atoms. The van der Waals surface area contributed by atoms with Gasteiger partial charge >= 0.3 is 0 Å². The van der Waals surface area contributed by atoms with Crippen LogP contribution in [-0.4, -0.2) is 39.3 Å². The third-order valence-electron chi connectivity index (χ3n) is 3.96. The molecule has 3 N–H and O–H groups in total. The topological polar surface area (TPSA) is 83.7 Å². The smallest absolute Gasteiger partial charge is 0.159 e. The lowest BCUT2D eigenvalue weighted by molar-refractivity contribution is 0.506. The van der Waals surface area contributed by atoms with Gasteiger partial charge in [-0.05, 0) is 18.9 Å². The second-order valence-electron chi connectivity index (χ2n) is 5.33. The van der Waals surface area contributed by atoms with E-state index in [0.29, 0.717) is 0 Å². The van der Waals surface area contributed by atoms with Crippen molar-refractivity contribution < 1.29 is 0 Å². The fourth-order valence-corrected chi connectivity index (χ4v) is 3.02. The molecule has 1 fully saturated rings. The van der Waals surface area contributed by atoms with Gasteiger partial charge in [-0.25, -0.2) is 9.97 Å². The molecule has 4 heterocycles. The van der Waals surface area contributed by atoms with Crippen LogP contribution in [0.25, 0.3) is 21.9 Å². The fraction of sp³-hybridized carbons (Fsp3) is 0.357. The quantitative estimate of drug-likeness (QED) is 0.697. The number of hydrogen-bond acceptors (Lipinski definition) is 5. The van der Waals surface area contributed by atoms with Crippen LogP contribution in [-0.2, 0) is 0 Å². The van der Waals surface area contributed by atoms with Gasteiger partial charge in [0.15, 0.2) is 5.65 Å². The number of pyridine rings is 1. The van der Waals surface area contributed by atoms with Gasteiger partial charge in [-0.2, -0.15) is 5.10 Å². The van der Waals surface area contributed by atoms with E-state index in [0.717, 1.165) is 53.6 Å². The first-order valence-corrected chi connectivity index (χ1v) is 6.90. The highest BCUT2D eigenvalue weighted by molar-refractivity contribution is 6.09. The molecule has 102 valence electrons.